The Morgan fingerprint density at radius 2 is 2.27 bits per heavy atom. The van der Waals surface area contributed by atoms with Crippen molar-refractivity contribution in [3.63, 3.8) is 0 Å². The minimum Gasteiger partial charge on any atom is -0.394 e. The van der Waals surface area contributed by atoms with Gasteiger partial charge in [0.1, 0.15) is 0 Å². The van der Waals surface area contributed by atoms with Crippen LogP contribution in [0.5, 0.6) is 0 Å². The fourth-order valence-electron chi connectivity index (χ4n) is 0.760. The molecule has 6 heteroatoms. The number of anilines is 1. The van der Waals surface area contributed by atoms with E-state index in [9.17, 15) is 0 Å². The van der Waals surface area contributed by atoms with Gasteiger partial charge < -0.3 is 10.0 Å². The highest BCUT2D eigenvalue weighted by atomic mass is 16.3. The molecule has 0 saturated heterocycles. The molecule has 0 aliphatic rings. The average Bonchev–Trinajstić information content (AvgIpc) is 2.36. The van der Waals surface area contributed by atoms with Gasteiger partial charge in [-0.15, -0.1) is 0 Å². The first-order valence-electron chi connectivity index (χ1n) is 3.30. The van der Waals surface area contributed by atoms with E-state index in [0.29, 0.717) is 12.5 Å². The number of hydrogen-bond acceptors (Lipinski definition) is 5. The van der Waals surface area contributed by atoms with Crippen LogP contribution in [0.2, 0.25) is 0 Å². The molecule has 0 unspecified atom stereocenters. The van der Waals surface area contributed by atoms with Crippen molar-refractivity contribution in [1.29, 1.82) is 0 Å². The summed E-state index contributed by atoms with van der Waals surface area (Å²) in [6.45, 7) is 0.479. The molecule has 1 rings (SSSR count). The molecule has 6 nitrogen and oxygen atoms in total. The standard InChI is InChI=1S/C5H11N5O/c1-9(2)5-6-7-8-10(5)3-4-11/h11H,3-4H2,1-2H3. The van der Waals surface area contributed by atoms with Crippen LogP contribution in [0.15, 0.2) is 0 Å². The number of aliphatic hydroxyl groups excluding tert-OH is 1. The van der Waals surface area contributed by atoms with Gasteiger partial charge in [-0.1, -0.05) is 5.10 Å². The van der Waals surface area contributed by atoms with E-state index in [4.69, 9.17) is 5.11 Å². The molecule has 0 fully saturated rings. The topological polar surface area (TPSA) is 67.1 Å². The summed E-state index contributed by atoms with van der Waals surface area (Å²) < 4.78 is 1.54. The van der Waals surface area contributed by atoms with E-state index in [1.165, 1.54) is 0 Å². The molecule has 0 spiro atoms. The molecule has 0 aliphatic heterocycles. The SMILES string of the molecule is CN(C)c1nnnn1CCO. The fourth-order valence-corrected chi connectivity index (χ4v) is 0.760. The molecular formula is C5H11N5O. The number of hydrogen-bond donors (Lipinski definition) is 1. The van der Waals surface area contributed by atoms with Crippen LogP contribution in [0.3, 0.4) is 0 Å². The minimum absolute atomic E-state index is 0.0475. The van der Waals surface area contributed by atoms with E-state index in [0.717, 1.165) is 0 Å². The van der Waals surface area contributed by atoms with E-state index >= 15 is 0 Å². The van der Waals surface area contributed by atoms with Crippen molar-refractivity contribution < 1.29 is 5.11 Å². The van der Waals surface area contributed by atoms with Crippen molar-refractivity contribution in [3.05, 3.63) is 0 Å². The van der Waals surface area contributed by atoms with Crippen molar-refractivity contribution in [2.75, 3.05) is 25.6 Å². The summed E-state index contributed by atoms with van der Waals surface area (Å²) in [4.78, 5) is 1.79. The Morgan fingerprint density at radius 1 is 1.55 bits per heavy atom. The lowest BCUT2D eigenvalue weighted by atomic mass is 10.7. The van der Waals surface area contributed by atoms with Crippen LogP contribution in [-0.4, -0.2) is 46.0 Å². The van der Waals surface area contributed by atoms with Crippen LogP contribution in [0.4, 0.5) is 5.95 Å². The second kappa shape index (κ2) is 3.29. The van der Waals surface area contributed by atoms with Crippen molar-refractivity contribution in [3.8, 4) is 0 Å². The zero-order valence-electron chi connectivity index (χ0n) is 6.60. The van der Waals surface area contributed by atoms with Gasteiger partial charge in [-0.3, -0.25) is 0 Å². The van der Waals surface area contributed by atoms with Crippen LogP contribution in [0, 0.1) is 0 Å². The third-order valence-electron chi connectivity index (χ3n) is 1.22. The number of rotatable bonds is 3. The molecule has 1 heterocycles. The molecule has 62 valence electrons. The van der Waals surface area contributed by atoms with Crippen molar-refractivity contribution in [1.82, 2.24) is 20.2 Å². The van der Waals surface area contributed by atoms with Gasteiger partial charge in [0.15, 0.2) is 0 Å². The maximum Gasteiger partial charge on any atom is 0.245 e. The van der Waals surface area contributed by atoms with Crippen LogP contribution in [0.1, 0.15) is 0 Å². The first kappa shape index (κ1) is 7.93. The van der Waals surface area contributed by atoms with Crippen LogP contribution in [0.25, 0.3) is 0 Å². The lowest BCUT2D eigenvalue weighted by Crippen LogP contribution is -2.17. The molecule has 0 saturated carbocycles. The molecule has 0 aromatic carbocycles. The summed E-state index contributed by atoms with van der Waals surface area (Å²) >= 11 is 0. The van der Waals surface area contributed by atoms with Crippen LogP contribution in [-0.2, 0) is 6.54 Å². The van der Waals surface area contributed by atoms with Gasteiger partial charge in [-0.2, -0.15) is 0 Å². The molecule has 0 amide bonds. The van der Waals surface area contributed by atoms with E-state index in [2.05, 4.69) is 15.5 Å². The second-order valence-electron chi connectivity index (χ2n) is 2.32. The molecule has 0 atom stereocenters. The monoisotopic (exact) mass is 157 g/mol. The Labute approximate surface area is 64.4 Å². The van der Waals surface area contributed by atoms with Gasteiger partial charge in [0, 0.05) is 14.1 Å². The molecule has 0 aliphatic carbocycles. The molecule has 0 bridgehead atoms. The van der Waals surface area contributed by atoms with E-state index in [1.54, 1.807) is 9.58 Å². The third-order valence-corrected chi connectivity index (χ3v) is 1.22. The molecular weight excluding hydrogens is 146 g/mol. The lowest BCUT2D eigenvalue weighted by molar-refractivity contribution is 0.268. The normalized spacial score (nSPS) is 10.1. The average molecular weight is 157 g/mol. The lowest BCUT2D eigenvalue weighted by Gasteiger charge is -2.09. The van der Waals surface area contributed by atoms with Crippen molar-refractivity contribution in [2.45, 2.75) is 6.54 Å². The fraction of sp³-hybridized carbons (Fsp3) is 0.800. The zero-order chi connectivity index (χ0) is 8.27. The summed E-state index contributed by atoms with van der Waals surface area (Å²) in [5, 5.41) is 19.5. The molecule has 1 N–H and O–H groups in total. The number of aromatic nitrogens is 4. The second-order valence-corrected chi connectivity index (χ2v) is 2.32. The zero-order valence-corrected chi connectivity index (χ0v) is 6.60. The van der Waals surface area contributed by atoms with Gasteiger partial charge in [-0.05, 0) is 10.4 Å². The molecule has 11 heavy (non-hydrogen) atoms. The minimum atomic E-state index is 0.0475. The van der Waals surface area contributed by atoms with Gasteiger partial charge in [0.2, 0.25) is 5.95 Å². The summed E-state index contributed by atoms with van der Waals surface area (Å²) in [6, 6.07) is 0. The highest BCUT2D eigenvalue weighted by Crippen LogP contribution is 2.01. The van der Waals surface area contributed by atoms with Crippen molar-refractivity contribution in [2.24, 2.45) is 0 Å². The van der Waals surface area contributed by atoms with Gasteiger partial charge in [0.05, 0.1) is 13.2 Å². The van der Waals surface area contributed by atoms with E-state index < -0.39 is 0 Å². The first-order valence-corrected chi connectivity index (χ1v) is 3.30. The van der Waals surface area contributed by atoms with E-state index in [1.807, 2.05) is 14.1 Å². The Bertz CT molecular complexity index is 220. The smallest absolute Gasteiger partial charge is 0.245 e. The largest absolute Gasteiger partial charge is 0.394 e. The molecule has 1 aromatic rings. The Kier molecular flexibility index (Phi) is 2.37. The molecule has 0 radical (unpaired) electrons. The van der Waals surface area contributed by atoms with E-state index in [-0.39, 0.29) is 6.61 Å². The Balaban J connectivity index is 2.78. The Hall–Kier alpha value is -1.17. The maximum absolute atomic E-state index is 8.61. The number of tetrazole rings is 1. The highest BCUT2D eigenvalue weighted by Gasteiger charge is 2.05. The van der Waals surface area contributed by atoms with Gasteiger partial charge >= 0.3 is 0 Å². The highest BCUT2D eigenvalue weighted by molar-refractivity contribution is 5.23. The van der Waals surface area contributed by atoms with Crippen molar-refractivity contribution >= 4 is 5.95 Å². The summed E-state index contributed by atoms with van der Waals surface area (Å²) in [6.07, 6.45) is 0. The van der Waals surface area contributed by atoms with Gasteiger partial charge in [-0.25, -0.2) is 4.68 Å². The summed E-state index contributed by atoms with van der Waals surface area (Å²) in [5.74, 6) is 0.652. The quantitative estimate of drug-likeness (QED) is 0.592. The predicted molar refractivity (Wildman–Crippen MR) is 39.2 cm³/mol. The summed E-state index contributed by atoms with van der Waals surface area (Å²) in [7, 11) is 3.69. The van der Waals surface area contributed by atoms with Crippen LogP contribution >= 0.6 is 0 Å². The summed E-state index contributed by atoms with van der Waals surface area (Å²) in [5.41, 5.74) is 0. The third kappa shape index (κ3) is 1.64. The molecule has 1 aromatic heterocycles. The maximum atomic E-state index is 8.61. The number of nitrogens with zero attached hydrogens (tertiary/aromatic N) is 5. The van der Waals surface area contributed by atoms with Gasteiger partial charge in [0.25, 0.3) is 0 Å². The van der Waals surface area contributed by atoms with Crippen LogP contribution < -0.4 is 4.90 Å². The predicted octanol–water partition coefficient (Wildman–Crippen LogP) is -1.27. The first-order chi connectivity index (χ1) is 5.25. The number of aliphatic hydroxyl groups is 1. The Morgan fingerprint density at radius 3 is 2.82 bits per heavy atom.